The Bertz CT molecular complexity index is 2410. The third-order valence-corrected chi connectivity index (χ3v) is 20.1. The lowest BCUT2D eigenvalue weighted by atomic mass is 9.94. The molecule has 4 rings (SSSR count). The second kappa shape index (κ2) is 30.4. The summed E-state index contributed by atoms with van der Waals surface area (Å²) in [5.41, 5.74) is 8.14. The monoisotopic (exact) mass is 1120 g/mol. The fourth-order valence-corrected chi connectivity index (χ4v) is 13.0. The van der Waals surface area contributed by atoms with Crippen molar-refractivity contribution in [3.8, 4) is 23.0 Å². The number of amides is 1. The van der Waals surface area contributed by atoms with Crippen LogP contribution in [0.25, 0.3) is 0 Å². The summed E-state index contributed by atoms with van der Waals surface area (Å²) in [6.07, 6.45) is 5.55. The van der Waals surface area contributed by atoms with Gasteiger partial charge in [-0.25, -0.2) is 9.59 Å². The lowest BCUT2D eigenvalue weighted by Gasteiger charge is -2.25. The van der Waals surface area contributed by atoms with E-state index < -0.39 is 31.3 Å². The number of ether oxygens (including phenoxy) is 6. The molecule has 1 N–H and O–H groups in total. The molecule has 1 amide bonds. The number of allylic oxidation sites excluding steroid dienone is 2. The third kappa shape index (κ3) is 19.9. The van der Waals surface area contributed by atoms with Crippen LogP contribution in [-0.4, -0.2) is 131 Å². The molecule has 0 spiro atoms. The normalized spacial score (nSPS) is 13.9. The van der Waals surface area contributed by atoms with Gasteiger partial charge in [-0.1, -0.05) is 62.6 Å². The molecule has 0 saturated carbocycles. The van der Waals surface area contributed by atoms with E-state index >= 15 is 0 Å². The van der Waals surface area contributed by atoms with Gasteiger partial charge in [0.1, 0.15) is 47.3 Å². The van der Waals surface area contributed by atoms with Gasteiger partial charge in [-0.15, -0.1) is 0 Å². The predicted molar refractivity (Wildman–Crippen MR) is 302 cm³/mol. The Kier molecular flexibility index (Phi) is 26.5. The van der Waals surface area contributed by atoms with E-state index in [1.54, 1.807) is 33.0 Å². The predicted octanol–water partition coefficient (Wildman–Crippen LogP) is 11.7. The quantitative estimate of drug-likeness (QED) is 0.0239. The van der Waals surface area contributed by atoms with Gasteiger partial charge in [0.2, 0.25) is 5.91 Å². The number of hydrogen-bond acceptors (Lipinski definition) is 16. The maximum absolute atomic E-state index is 12.9. The van der Waals surface area contributed by atoms with Crippen LogP contribution in [0.3, 0.4) is 0 Å². The van der Waals surface area contributed by atoms with Crippen LogP contribution < -0.4 is 24.3 Å². The highest BCUT2D eigenvalue weighted by molar-refractivity contribution is 7.54. The Morgan fingerprint density at radius 2 is 1.04 bits per heavy atom. The van der Waals surface area contributed by atoms with Crippen molar-refractivity contribution in [2.45, 2.75) is 140 Å². The van der Waals surface area contributed by atoms with Gasteiger partial charge < -0.3 is 56.7 Å². The van der Waals surface area contributed by atoms with E-state index in [9.17, 15) is 23.5 Å². The van der Waals surface area contributed by atoms with E-state index in [-0.39, 0.29) is 57.0 Å². The Labute approximate surface area is 450 Å². The lowest BCUT2D eigenvalue weighted by Crippen LogP contribution is -2.33. The number of carbonyl (C=O) groups excluding carboxylic acids is 3. The van der Waals surface area contributed by atoms with Crippen molar-refractivity contribution in [1.82, 2.24) is 10.2 Å². The number of methoxy groups -OCH3 is 2. The highest BCUT2D eigenvalue weighted by Gasteiger charge is 2.35. The van der Waals surface area contributed by atoms with Gasteiger partial charge in [-0.2, -0.15) is 0 Å². The molecule has 0 unspecified atom stereocenters. The largest absolute Gasteiger partial charge is 0.496 e. The molecule has 0 aliphatic carbocycles. The third-order valence-electron chi connectivity index (χ3n) is 12.6. The van der Waals surface area contributed by atoms with Gasteiger partial charge in [-0.3, -0.25) is 13.9 Å². The summed E-state index contributed by atoms with van der Waals surface area (Å²) in [4.78, 5) is 39.4. The summed E-state index contributed by atoms with van der Waals surface area (Å²) in [6.45, 7) is 34.7. The van der Waals surface area contributed by atoms with E-state index in [0.29, 0.717) is 93.4 Å². The average molecular weight is 1130 g/mol. The maximum atomic E-state index is 12.9. The standard InChI is InChI=1S/C28H46NO8PSi.C26H44NO7PSi/c1-10-36-38(32,37-11-2)16-14-29(22(5)30)18-20(3)12-13-23-26(33-6)21(4)24-19-35-28(31)25(24)27(23)34-15-17-39(7,8)9;1-9-33-35(29,34-10-2)15-13-27-17-19(3)11-12-21-24(30-5)20(4)22-18-32-26(28)23(22)25(21)31-14-16-36(6,7)8/h12H,10-11,13-19H2,1-9H3;11,27H,9-10,12-18H2,1-8H3/b20-12+;19-11+. The van der Waals surface area contributed by atoms with Crippen LogP contribution in [0.2, 0.25) is 51.4 Å². The van der Waals surface area contributed by atoms with Crippen molar-refractivity contribution in [2.75, 3.05) is 92.4 Å². The van der Waals surface area contributed by atoms with Gasteiger partial charge in [-0.05, 0) is 91.4 Å². The number of carbonyl (C=O) groups is 3. The Balaban J connectivity index is 0.000000397. The molecule has 0 aromatic heterocycles. The summed E-state index contributed by atoms with van der Waals surface area (Å²) in [7, 11) is -5.74. The molecule has 0 radical (unpaired) electrons. The maximum Gasteiger partial charge on any atom is 0.342 e. The van der Waals surface area contributed by atoms with Gasteiger partial charge >= 0.3 is 27.1 Å². The first-order valence-corrected chi connectivity index (χ1v) is 37.2. The molecular weight excluding hydrogens is 1030 g/mol. The van der Waals surface area contributed by atoms with Crippen LogP contribution >= 0.6 is 15.2 Å². The minimum Gasteiger partial charge on any atom is -0.496 e. The zero-order valence-electron chi connectivity index (χ0n) is 48.3. The van der Waals surface area contributed by atoms with E-state index in [2.05, 4.69) is 50.7 Å². The smallest absolute Gasteiger partial charge is 0.342 e. The molecule has 0 atom stereocenters. The molecule has 424 valence electrons. The highest BCUT2D eigenvalue weighted by atomic mass is 31.2. The SMILES string of the molecule is CCOP(=O)(CCN(C/C(C)=C/Cc1c(OC)c(C)c2c(c1OCC[Si](C)(C)C)C(=O)OC2)C(C)=O)OCC.CCOP(=O)(CCNC/C(C)=C/Cc1c(OC)c(C)c2c(c1OCC[Si](C)(C)C)C(=O)OC2)OCC. The van der Waals surface area contributed by atoms with E-state index in [1.807, 2.05) is 47.6 Å². The van der Waals surface area contributed by atoms with E-state index in [4.69, 9.17) is 46.5 Å². The fourth-order valence-electron chi connectivity index (χ4n) is 8.46. The Morgan fingerprint density at radius 1 is 0.640 bits per heavy atom. The van der Waals surface area contributed by atoms with Crippen LogP contribution in [0.5, 0.6) is 23.0 Å². The van der Waals surface area contributed by atoms with Crippen molar-refractivity contribution in [1.29, 1.82) is 0 Å². The molecule has 2 aliphatic rings. The molecule has 2 aromatic rings. The summed E-state index contributed by atoms with van der Waals surface area (Å²) in [5, 5.41) is 3.32. The second-order valence-corrected chi connectivity index (χ2v) is 36.7. The van der Waals surface area contributed by atoms with Crippen molar-refractivity contribution in [3.63, 3.8) is 0 Å². The van der Waals surface area contributed by atoms with Crippen LogP contribution in [-0.2, 0) is 67.5 Å². The highest BCUT2D eigenvalue weighted by Crippen LogP contribution is 2.49. The summed E-state index contributed by atoms with van der Waals surface area (Å²) >= 11 is 0. The van der Waals surface area contributed by atoms with Gasteiger partial charge in [0, 0.05) is 71.5 Å². The van der Waals surface area contributed by atoms with Crippen molar-refractivity contribution in [3.05, 3.63) is 67.8 Å². The van der Waals surface area contributed by atoms with Crippen molar-refractivity contribution in [2.24, 2.45) is 0 Å². The molecule has 0 saturated heterocycles. The molecule has 0 bridgehead atoms. The Morgan fingerprint density at radius 3 is 1.41 bits per heavy atom. The van der Waals surface area contributed by atoms with Crippen LogP contribution in [0.1, 0.15) is 103 Å². The van der Waals surface area contributed by atoms with Gasteiger partial charge in [0.05, 0.1) is 66.2 Å². The van der Waals surface area contributed by atoms with Gasteiger partial charge in [0.25, 0.3) is 0 Å². The van der Waals surface area contributed by atoms with Crippen LogP contribution in [0, 0.1) is 13.8 Å². The molecule has 0 fully saturated rings. The molecule has 2 aliphatic heterocycles. The van der Waals surface area contributed by atoms with Crippen LogP contribution in [0.4, 0.5) is 0 Å². The first-order chi connectivity index (χ1) is 35.2. The summed E-state index contributed by atoms with van der Waals surface area (Å²) < 4.78 is 81.9. The molecule has 21 heteroatoms. The van der Waals surface area contributed by atoms with Gasteiger partial charge in [0.15, 0.2) is 0 Å². The molecule has 2 aromatic carbocycles. The number of hydrogen-bond donors (Lipinski definition) is 1. The first kappa shape index (κ1) is 65.5. The molecule has 17 nitrogen and oxygen atoms in total. The zero-order chi connectivity index (χ0) is 56.3. The van der Waals surface area contributed by atoms with Crippen molar-refractivity contribution < 1.29 is 70.0 Å². The van der Waals surface area contributed by atoms with E-state index in [1.165, 1.54) is 6.92 Å². The lowest BCUT2D eigenvalue weighted by molar-refractivity contribution is -0.128. The molecule has 2 heterocycles. The number of esters is 2. The van der Waals surface area contributed by atoms with E-state index in [0.717, 1.165) is 62.4 Å². The fraction of sp³-hybridized carbons (Fsp3) is 0.648. The summed E-state index contributed by atoms with van der Waals surface area (Å²) in [5.74, 6) is 1.67. The second-order valence-electron chi connectivity index (χ2n) is 21.1. The van der Waals surface area contributed by atoms with Crippen molar-refractivity contribution >= 4 is 49.2 Å². The average Bonchev–Trinajstić information content (AvgIpc) is 3.91. The topological polar surface area (TPSA) is 193 Å². The number of rotatable bonds is 32. The van der Waals surface area contributed by atoms with Crippen LogP contribution in [0.15, 0.2) is 23.3 Å². The minimum absolute atomic E-state index is 0.122. The summed E-state index contributed by atoms with van der Waals surface area (Å²) in [6, 6.07) is 1.93. The minimum atomic E-state index is -3.27. The number of benzene rings is 2. The Hall–Kier alpha value is -3.78. The number of cyclic esters (lactones) is 2. The molecular formula is C54H90N2O15P2Si2. The number of fused-ring (bicyclic) bond motifs is 2. The number of nitrogens with zero attached hydrogens (tertiary/aromatic N) is 1. The first-order valence-electron chi connectivity index (χ1n) is 26.3. The zero-order valence-corrected chi connectivity index (χ0v) is 52.1. The molecule has 75 heavy (non-hydrogen) atoms. The number of nitrogens with one attached hydrogen (secondary N) is 1.